The molecule has 1 aliphatic rings. The highest BCUT2D eigenvalue weighted by Crippen LogP contribution is 2.48. The Balaban J connectivity index is 2.52. The lowest BCUT2D eigenvalue weighted by Crippen LogP contribution is -2.27. The van der Waals surface area contributed by atoms with E-state index in [4.69, 9.17) is 26.7 Å². The minimum absolute atomic E-state index is 0.0875. The Labute approximate surface area is 109 Å². The zero-order chi connectivity index (χ0) is 14.0. The molecule has 1 fully saturated rings. The molecule has 0 amide bonds. The first-order valence-electron chi connectivity index (χ1n) is 5.80. The maximum absolute atomic E-state index is 11.7. The molecule has 0 aliphatic carbocycles. The Morgan fingerprint density at radius 3 is 2.61 bits per heavy atom. The molecule has 4 atom stereocenters. The first kappa shape index (κ1) is 16.2. The van der Waals surface area contributed by atoms with Gasteiger partial charge in [0.25, 0.3) is 0 Å². The van der Waals surface area contributed by atoms with Gasteiger partial charge in [0.1, 0.15) is 14.0 Å². The maximum Gasteiger partial charge on any atom is 0.472 e. The molecule has 0 spiro atoms. The van der Waals surface area contributed by atoms with Gasteiger partial charge in [0.15, 0.2) is 0 Å². The molecule has 0 aromatic carbocycles. The summed E-state index contributed by atoms with van der Waals surface area (Å²) < 4.78 is 26.7. The first-order chi connectivity index (χ1) is 8.13. The number of rotatable bonds is 5. The van der Waals surface area contributed by atoms with Gasteiger partial charge in [-0.1, -0.05) is 20.8 Å². The second-order valence-corrected chi connectivity index (χ2v) is 6.98. The standard InChI is InChI=1S/C10H20BO6P/c1-10(2,3)6-15-18(13,14)17-7-4-9(11)16-8(7)5-12/h7-9,12H,4-6H2,1-3H3,(H,13,14)/t7-,8-,9-/m1/s1. The third kappa shape index (κ3) is 5.39. The summed E-state index contributed by atoms with van der Waals surface area (Å²) in [7, 11) is 1.37. The van der Waals surface area contributed by atoms with Gasteiger partial charge in [-0.3, -0.25) is 9.05 Å². The van der Waals surface area contributed by atoms with E-state index in [2.05, 4.69) is 0 Å². The van der Waals surface area contributed by atoms with Crippen LogP contribution in [-0.4, -0.2) is 49.3 Å². The normalized spacial score (nSPS) is 32.4. The Bertz CT molecular complexity index is 318. The van der Waals surface area contributed by atoms with E-state index in [1.807, 2.05) is 20.8 Å². The van der Waals surface area contributed by atoms with Crippen LogP contribution in [0.25, 0.3) is 0 Å². The second-order valence-electron chi connectivity index (χ2n) is 5.58. The van der Waals surface area contributed by atoms with Crippen LogP contribution in [0.15, 0.2) is 0 Å². The van der Waals surface area contributed by atoms with E-state index >= 15 is 0 Å². The number of phosphoric ester groups is 1. The van der Waals surface area contributed by atoms with Crippen molar-refractivity contribution in [3.8, 4) is 0 Å². The van der Waals surface area contributed by atoms with Gasteiger partial charge in [-0.25, -0.2) is 4.57 Å². The molecule has 8 heteroatoms. The van der Waals surface area contributed by atoms with Crippen molar-refractivity contribution in [2.45, 2.75) is 45.4 Å². The van der Waals surface area contributed by atoms with Crippen LogP contribution in [0.2, 0.25) is 0 Å². The van der Waals surface area contributed by atoms with Crippen LogP contribution in [0, 0.1) is 5.41 Å². The van der Waals surface area contributed by atoms with Gasteiger partial charge in [0.05, 0.1) is 19.3 Å². The molecular formula is C10H20BO6P. The number of aliphatic hydroxyl groups is 1. The van der Waals surface area contributed by atoms with Gasteiger partial charge in [-0.15, -0.1) is 0 Å². The van der Waals surface area contributed by atoms with Gasteiger partial charge >= 0.3 is 7.82 Å². The van der Waals surface area contributed by atoms with Crippen molar-refractivity contribution in [3.05, 3.63) is 0 Å². The van der Waals surface area contributed by atoms with Crippen LogP contribution in [0.1, 0.15) is 27.2 Å². The van der Waals surface area contributed by atoms with Crippen molar-refractivity contribution in [2.75, 3.05) is 13.2 Å². The Morgan fingerprint density at radius 1 is 1.50 bits per heavy atom. The van der Waals surface area contributed by atoms with Crippen LogP contribution < -0.4 is 0 Å². The summed E-state index contributed by atoms with van der Waals surface area (Å²) in [5.74, 6) is 0. The summed E-state index contributed by atoms with van der Waals surface area (Å²) in [6.45, 7) is 5.39. The average Bonchev–Trinajstić information content (AvgIpc) is 2.54. The monoisotopic (exact) mass is 278 g/mol. The van der Waals surface area contributed by atoms with Crippen LogP contribution in [0.4, 0.5) is 0 Å². The van der Waals surface area contributed by atoms with Gasteiger partial charge in [-0.2, -0.15) is 0 Å². The molecule has 104 valence electrons. The molecule has 6 nitrogen and oxygen atoms in total. The lowest BCUT2D eigenvalue weighted by Gasteiger charge is -2.23. The van der Waals surface area contributed by atoms with E-state index < -0.39 is 26.0 Å². The average molecular weight is 278 g/mol. The molecule has 18 heavy (non-hydrogen) atoms. The third-order valence-corrected chi connectivity index (χ3v) is 3.33. The van der Waals surface area contributed by atoms with Crippen LogP contribution in [-0.2, 0) is 18.3 Å². The summed E-state index contributed by atoms with van der Waals surface area (Å²) in [6, 6.07) is -0.602. The van der Waals surface area contributed by atoms with E-state index in [9.17, 15) is 9.46 Å². The SMILES string of the molecule is [B][C@H]1C[C@@H](OP(=O)(O)OCC(C)(C)C)[C@@H](CO)O1. The second kappa shape index (κ2) is 6.03. The van der Waals surface area contributed by atoms with Crippen LogP contribution in [0.3, 0.4) is 0 Å². The highest BCUT2D eigenvalue weighted by Gasteiger charge is 2.38. The lowest BCUT2D eigenvalue weighted by atomic mass is 9.96. The van der Waals surface area contributed by atoms with Crippen molar-refractivity contribution in [1.82, 2.24) is 0 Å². The Hall–Kier alpha value is 0.0949. The number of ether oxygens (including phenoxy) is 1. The van der Waals surface area contributed by atoms with Crippen molar-refractivity contribution >= 4 is 15.7 Å². The molecule has 2 N–H and O–H groups in total. The summed E-state index contributed by atoms with van der Waals surface area (Å²) >= 11 is 0. The predicted molar refractivity (Wildman–Crippen MR) is 66.2 cm³/mol. The van der Waals surface area contributed by atoms with E-state index in [1.165, 1.54) is 0 Å². The molecule has 1 heterocycles. The van der Waals surface area contributed by atoms with Crippen LogP contribution in [0.5, 0.6) is 0 Å². The quantitative estimate of drug-likeness (QED) is 0.571. The smallest absolute Gasteiger partial charge is 0.394 e. The van der Waals surface area contributed by atoms with Gasteiger partial charge in [0, 0.05) is 6.00 Å². The van der Waals surface area contributed by atoms with E-state index in [0.29, 0.717) is 0 Å². The molecule has 0 aromatic rings. The number of phosphoric acid groups is 1. The van der Waals surface area contributed by atoms with E-state index in [-0.39, 0.29) is 25.0 Å². The zero-order valence-electron chi connectivity index (χ0n) is 10.9. The predicted octanol–water partition coefficient (Wildman–Crippen LogP) is 0.810. The lowest BCUT2D eigenvalue weighted by molar-refractivity contribution is -0.00980. The number of hydrogen-bond acceptors (Lipinski definition) is 5. The third-order valence-electron chi connectivity index (χ3n) is 2.34. The molecule has 0 aromatic heterocycles. The fourth-order valence-corrected chi connectivity index (χ4v) is 2.67. The topological polar surface area (TPSA) is 85.2 Å². The highest BCUT2D eigenvalue weighted by atomic mass is 31.2. The van der Waals surface area contributed by atoms with Crippen LogP contribution >= 0.6 is 7.82 Å². The Morgan fingerprint density at radius 2 is 2.11 bits per heavy atom. The highest BCUT2D eigenvalue weighted by molar-refractivity contribution is 7.47. The largest absolute Gasteiger partial charge is 0.472 e. The number of hydrogen-bond donors (Lipinski definition) is 2. The minimum atomic E-state index is -4.16. The first-order valence-corrected chi connectivity index (χ1v) is 7.30. The molecule has 2 radical (unpaired) electrons. The number of aliphatic hydroxyl groups excluding tert-OH is 1. The Kier molecular flexibility index (Phi) is 5.41. The fourth-order valence-electron chi connectivity index (χ4n) is 1.50. The summed E-state index contributed by atoms with van der Waals surface area (Å²) in [4.78, 5) is 9.57. The minimum Gasteiger partial charge on any atom is -0.394 e. The van der Waals surface area contributed by atoms with Crippen molar-refractivity contribution in [3.63, 3.8) is 0 Å². The molecule has 1 saturated heterocycles. The summed E-state index contributed by atoms with van der Waals surface area (Å²) in [5, 5.41) is 9.04. The molecule has 1 unspecified atom stereocenters. The fraction of sp³-hybridized carbons (Fsp3) is 1.00. The summed E-state index contributed by atoms with van der Waals surface area (Å²) in [6.07, 6.45) is -1.19. The summed E-state index contributed by atoms with van der Waals surface area (Å²) in [5.41, 5.74) is -0.249. The van der Waals surface area contributed by atoms with Crippen molar-refractivity contribution < 1.29 is 28.3 Å². The van der Waals surface area contributed by atoms with Gasteiger partial charge < -0.3 is 14.7 Å². The molecule has 1 rings (SSSR count). The van der Waals surface area contributed by atoms with Gasteiger partial charge in [-0.05, 0) is 11.8 Å². The van der Waals surface area contributed by atoms with E-state index in [0.717, 1.165) is 0 Å². The van der Waals surface area contributed by atoms with Crippen molar-refractivity contribution in [1.29, 1.82) is 0 Å². The molecule has 0 bridgehead atoms. The molecule has 0 saturated carbocycles. The molecule has 1 aliphatic heterocycles. The van der Waals surface area contributed by atoms with Gasteiger partial charge in [0.2, 0.25) is 0 Å². The van der Waals surface area contributed by atoms with E-state index in [1.54, 1.807) is 0 Å². The molecular weight excluding hydrogens is 258 g/mol. The zero-order valence-corrected chi connectivity index (χ0v) is 11.8. The van der Waals surface area contributed by atoms with Crippen molar-refractivity contribution in [2.24, 2.45) is 5.41 Å². The maximum atomic E-state index is 11.7.